The first-order valence-electron chi connectivity index (χ1n) is 6.46. The summed E-state index contributed by atoms with van der Waals surface area (Å²) < 4.78 is 0. The number of carboxylic acids is 1. The lowest BCUT2D eigenvalue weighted by molar-refractivity contribution is -0.144. The molecule has 1 aliphatic carbocycles. The first kappa shape index (κ1) is 15.3. The molecule has 0 aliphatic heterocycles. The third kappa shape index (κ3) is 4.42. The summed E-state index contributed by atoms with van der Waals surface area (Å²) in [6, 6.07) is -0.555. The molecule has 0 aromatic rings. The molecular weight excluding hydrogens is 250 g/mol. The molecule has 1 fully saturated rings. The minimum atomic E-state index is -1.23. The monoisotopic (exact) mass is 271 g/mol. The van der Waals surface area contributed by atoms with Crippen LogP contribution in [0.25, 0.3) is 0 Å². The molecule has 4 N–H and O–H groups in total. The van der Waals surface area contributed by atoms with Crippen LogP contribution in [0.4, 0.5) is 4.79 Å². The number of carboxylic acid groups (broad SMARTS) is 1. The lowest BCUT2D eigenvalue weighted by Crippen LogP contribution is -2.56. The van der Waals surface area contributed by atoms with Crippen LogP contribution in [0, 0.1) is 5.92 Å². The van der Waals surface area contributed by atoms with Crippen LogP contribution in [0.5, 0.6) is 0 Å². The Morgan fingerprint density at radius 1 is 1.26 bits per heavy atom. The molecule has 108 valence electrons. The zero-order chi connectivity index (χ0) is 14.5. The van der Waals surface area contributed by atoms with Crippen LogP contribution in [0.3, 0.4) is 0 Å². The van der Waals surface area contributed by atoms with Gasteiger partial charge in [0.1, 0.15) is 5.54 Å². The number of nitrogens with one attached hydrogen (secondary N) is 3. The van der Waals surface area contributed by atoms with Crippen molar-refractivity contribution in [2.75, 3.05) is 13.1 Å². The zero-order valence-corrected chi connectivity index (χ0v) is 11.3. The smallest absolute Gasteiger partial charge is 0.329 e. The third-order valence-electron chi connectivity index (χ3n) is 3.22. The maximum Gasteiger partial charge on any atom is 0.329 e. The van der Waals surface area contributed by atoms with Crippen LogP contribution in [0.1, 0.15) is 33.1 Å². The molecule has 0 radical (unpaired) electrons. The molecule has 0 aromatic carbocycles. The standard InChI is InChI=1S/C12H21N3O4/c1-3-13-9(16)6-7-14-11(19)15-12(2,10(17)18)8-4-5-8/h8H,3-7H2,1-2H3,(H,13,16)(H,17,18)(H2,14,15,19). The van der Waals surface area contributed by atoms with Gasteiger partial charge in [-0.3, -0.25) is 4.79 Å². The molecule has 1 aliphatic rings. The third-order valence-corrected chi connectivity index (χ3v) is 3.22. The average Bonchev–Trinajstić information content (AvgIpc) is 3.12. The highest BCUT2D eigenvalue weighted by Gasteiger charge is 2.48. The quantitative estimate of drug-likeness (QED) is 0.525. The highest BCUT2D eigenvalue weighted by Crippen LogP contribution is 2.39. The lowest BCUT2D eigenvalue weighted by atomic mass is 9.96. The number of carbonyl (C=O) groups excluding carboxylic acids is 2. The summed E-state index contributed by atoms with van der Waals surface area (Å²) in [7, 11) is 0. The van der Waals surface area contributed by atoms with Crippen LogP contribution in [-0.4, -0.2) is 41.6 Å². The highest BCUT2D eigenvalue weighted by atomic mass is 16.4. The minimum absolute atomic E-state index is 0.0147. The number of rotatable bonds is 7. The van der Waals surface area contributed by atoms with Gasteiger partial charge >= 0.3 is 12.0 Å². The first-order chi connectivity index (χ1) is 8.90. The number of urea groups is 1. The van der Waals surface area contributed by atoms with Crippen molar-refractivity contribution in [3.63, 3.8) is 0 Å². The first-order valence-corrected chi connectivity index (χ1v) is 6.46. The summed E-state index contributed by atoms with van der Waals surface area (Å²) in [6.45, 7) is 4.05. The predicted molar refractivity (Wildman–Crippen MR) is 68.6 cm³/mol. The van der Waals surface area contributed by atoms with Crippen molar-refractivity contribution in [2.24, 2.45) is 5.92 Å². The van der Waals surface area contributed by atoms with Gasteiger partial charge in [0.15, 0.2) is 0 Å². The summed E-state index contributed by atoms with van der Waals surface area (Å²) >= 11 is 0. The van der Waals surface area contributed by atoms with E-state index in [1.54, 1.807) is 0 Å². The zero-order valence-electron chi connectivity index (χ0n) is 11.3. The largest absolute Gasteiger partial charge is 0.480 e. The van der Waals surface area contributed by atoms with Crippen molar-refractivity contribution < 1.29 is 19.5 Å². The van der Waals surface area contributed by atoms with E-state index in [1.807, 2.05) is 6.92 Å². The second kappa shape index (κ2) is 6.40. The Bertz CT molecular complexity index is 368. The molecule has 0 bridgehead atoms. The van der Waals surface area contributed by atoms with Crippen molar-refractivity contribution in [1.82, 2.24) is 16.0 Å². The molecule has 3 amide bonds. The van der Waals surface area contributed by atoms with E-state index < -0.39 is 17.5 Å². The van der Waals surface area contributed by atoms with E-state index in [1.165, 1.54) is 6.92 Å². The number of carbonyl (C=O) groups is 3. The molecule has 7 nitrogen and oxygen atoms in total. The Morgan fingerprint density at radius 2 is 1.89 bits per heavy atom. The fraction of sp³-hybridized carbons (Fsp3) is 0.750. The Balaban J connectivity index is 2.34. The fourth-order valence-corrected chi connectivity index (χ4v) is 1.85. The van der Waals surface area contributed by atoms with Gasteiger partial charge in [-0.05, 0) is 32.6 Å². The maximum atomic E-state index is 11.6. The molecular formula is C12H21N3O4. The molecule has 0 spiro atoms. The van der Waals surface area contributed by atoms with E-state index in [2.05, 4.69) is 16.0 Å². The van der Waals surface area contributed by atoms with Gasteiger partial charge in [-0.15, -0.1) is 0 Å². The second-order valence-corrected chi connectivity index (χ2v) is 4.87. The van der Waals surface area contributed by atoms with E-state index in [0.29, 0.717) is 6.54 Å². The minimum Gasteiger partial charge on any atom is -0.480 e. The van der Waals surface area contributed by atoms with E-state index >= 15 is 0 Å². The molecule has 1 atom stereocenters. The van der Waals surface area contributed by atoms with Crippen molar-refractivity contribution in [2.45, 2.75) is 38.6 Å². The molecule has 7 heteroatoms. The highest BCUT2D eigenvalue weighted by molar-refractivity contribution is 5.86. The van der Waals surface area contributed by atoms with Gasteiger partial charge in [0.2, 0.25) is 5.91 Å². The van der Waals surface area contributed by atoms with Gasteiger partial charge in [0, 0.05) is 19.5 Å². The van der Waals surface area contributed by atoms with Crippen LogP contribution >= 0.6 is 0 Å². The van der Waals surface area contributed by atoms with Crippen molar-refractivity contribution in [3.8, 4) is 0 Å². The topological polar surface area (TPSA) is 108 Å². The Morgan fingerprint density at radius 3 is 2.37 bits per heavy atom. The number of amides is 3. The van der Waals surface area contributed by atoms with Crippen molar-refractivity contribution in [3.05, 3.63) is 0 Å². The normalized spacial score (nSPS) is 17.2. The molecule has 0 aromatic heterocycles. The molecule has 19 heavy (non-hydrogen) atoms. The van der Waals surface area contributed by atoms with Crippen LogP contribution < -0.4 is 16.0 Å². The average molecular weight is 271 g/mol. The van der Waals surface area contributed by atoms with E-state index in [-0.39, 0.29) is 24.8 Å². The molecule has 1 saturated carbocycles. The lowest BCUT2D eigenvalue weighted by Gasteiger charge is -2.26. The van der Waals surface area contributed by atoms with Gasteiger partial charge in [0.05, 0.1) is 0 Å². The molecule has 0 heterocycles. The fourth-order valence-electron chi connectivity index (χ4n) is 1.85. The Labute approximate surface area is 112 Å². The number of aliphatic carboxylic acids is 1. The second-order valence-electron chi connectivity index (χ2n) is 4.87. The predicted octanol–water partition coefficient (Wildman–Crippen LogP) is 0.0651. The van der Waals surface area contributed by atoms with Gasteiger partial charge in [-0.1, -0.05) is 0 Å². The Kier molecular flexibility index (Phi) is 5.14. The van der Waals surface area contributed by atoms with Crippen molar-refractivity contribution >= 4 is 17.9 Å². The van der Waals surface area contributed by atoms with Gasteiger partial charge in [-0.2, -0.15) is 0 Å². The summed E-state index contributed by atoms with van der Waals surface area (Å²) in [4.78, 5) is 34.0. The SMILES string of the molecule is CCNC(=O)CCNC(=O)NC(C)(C(=O)O)C1CC1. The van der Waals surface area contributed by atoms with Gasteiger partial charge < -0.3 is 21.1 Å². The van der Waals surface area contributed by atoms with Gasteiger partial charge in [0.25, 0.3) is 0 Å². The molecule has 1 unspecified atom stereocenters. The van der Waals surface area contributed by atoms with Crippen molar-refractivity contribution in [1.29, 1.82) is 0 Å². The van der Waals surface area contributed by atoms with Crippen LogP contribution in [0.2, 0.25) is 0 Å². The number of hydrogen-bond acceptors (Lipinski definition) is 3. The number of hydrogen-bond donors (Lipinski definition) is 4. The Hall–Kier alpha value is -1.79. The van der Waals surface area contributed by atoms with E-state index in [4.69, 9.17) is 5.11 Å². The molecule has 1 rings (SSSR count). The van der Waals surface area contributed by atoms with E-state index in [0.717, 1.165) is 12.8 Å². The summed E-state index contributed by atoms with van der Waals surface area (Å²) in [6.07, 6.45) is 1.79. The van der Waals surface area contributed by atoms with E-state index in [9.17, 15) is 14.4 Å². The van der Waals surface area contributed by atoms with Gasteiger partial charge in [-0.25, -0.2) is 9.59 Å². The maximum absolute atomic E-state index is 11.6. The summed E-state index contributed by atoms with van der Waals surface area (Å²) in [5.74, 6) is -1.20. The summed E-state index contributed by atoms with van der Waals surface area (Å²) in [5, 5.41) is 16.7. The summed E-state index contributed by atoms with van der Waals surface area (Å²) in [5.41, 5.74) is -1.23. The van der Waals surface area contributed by atoms with Crippen LogP contribution in [-0.2, 0) is 9.59 Å². The van der Waals surface area contributed by atoms with Crippen LogP contribution in [0.15, 0.2) is 0 Å². The molecule has 0 saturated heterocycles.